The van der Waals surface area contributed by atoms with Gasteiger partial charge < -0.3 is 24.8 Å². The zero-order valence-electron chi connectivity index (χ0n) is 8.67. The van der Waals surface area contributed by atoms with E-state index in [9.17, 15) is 15.3 Å². The lowest BCUT2D eigenvalue weighted by atomic mass is 9.86. The van der Waals surface area contributed by atoms with Crippen LogP contribution in [0.15, 0.2) is 0 Å². The molecule has 0 saturated carbocycles. The van der Waals surface area contributed by atoms with Crippen molar-refractivity contribution < 1.29 is 24.8 Å². The maximum Gasteiger partial charge on any atom is 0.184 e. The Morgan fingerprint density at radius 2 is 1.86 bits per heavy atom. The van der Waals surface area contributed by atoms with E-state index < -0.39 is 30.2 Å². The molecule has 0 bridgehead atoms. The van der Waals surface area contributed by atoms with E-state index in [4.69, 9.17) is 9.47 Å². The van der Waals surface area contributed by atoms with E-state index in [-0.39, 0.29) is 0 Å². The molecule has 1 rings (SSSR count). The van der Waals surface area contributed by atoms with E-state index in [2.05, 4.69) is 0 Å². The van der Waals surface area contributed by atoms with Crippen LogP contribution in [0.1, 0.15) is 20.3 Å². The molecule has 0 aromatic carbocycles. The van der Waals surface area contributed by atoms with Gasteiger partial charge in [0.25, 0.3) is 0 Å². The summed E-state index contributed by atoms with van der Waals surface area (Å²) in [5.41, 5.74) is -0.771. The minimum Gasteiger partial charge on any atom is -0.387 e. The largest absolute Gasteiger partial charge is 0.387 e. The number of hydrogen-bond acceptors (Lipinski definition) is 5. The smallest absolute Gasteiger partial charge is 0.184 e. The Kier molecular flexibility index (Phi) is 3.49. The fourth-order valence-electron chi connectivity index (χ4n) is 1.79. The van der Waals surface area contributed by atoms with E-state index in [0.29, 0.717) is 6.42 Å². The Balaban J connectivity index is 2.87. The van der Waals surface area contributed by atoms with Gasteiger partial charge in [-0.2, -0.15) is 0 Å². The van der Waals surface area contributed by atoms with E-state index in [0.717, 1.165) is 0 Å². The molecule has 3 N–H and O–H groups in total. The monoisotopic (exact) mass is 206 g/mol. The van der Waals surface area contributed by atoms with Gasteiger partial charge in [0.15, 0.2) is 6.29 Å². The highest BCUT2D eigenvalue weighted by Gasteiger charge is 2.50. The van der Waals surface area contributed by atoms with Crippen molar-refractivity contribution in [2.45, 2.75) is 50.5 Å². The molecule has 1 heterocycles. The zero-order valence-corrected chi connectivity index (χ0v) is 8.67. The van der Waals surface area contributed by atoms with E-state index in [1.54, 1.807) is 6.92 Å². The quantitative estimate of drug-likeness (QED) is 0.553. The van der Waals surface area contributed by atoms with Crippen molar-refractivity contribution >= 4 is 0 Å². The van der Waals surface area contributed by atoms with Crippen LogP contribution in [0, 0.1) is 0 Å². The predicted octanol–water partition coefficient (Wildman–Crippen LogP) is -0.760. The van der Waals surface area contributed by atoms with Gasteiger partial charge in [-0.05, 0) is 13.3 Å². The molecular weight excluding hydrogens is 188 g/mol. The van der Waals surface area contributed by atoms with Gasteiger partial charge in [-0.25, -0.2) is 0 Å². The highest BCUT2D eigenvalue weighted by molar-refractivity contribution is 4.97. The van der Waals surface area contributed by atoms with E-state index >= 15 is 0 Å². The van der Waals surface area contributed by atoms with Crippen molar-refractivity contribution in [2.24, 2.45) is 0 Å². The molecule has 84 valence electrons. The molecule has 0 amide bonds. The molecule has 1 aliphatic heterocycles. The average Bonchev–Trinajstić information content (AvgIpc) is 2.15. The van der Waals surface area contributed by atoms with Gasteiger partial charge in [-0.3, -0.25) is 0 Å². The molecule has 1 fully saturated rings. The summed E-state index contributed by atoms with van der Waals surface area (Å²) in [6.45, 7) is 3.60. The van der Waals surface area contributed by atoms with Crippen molar-refractivity contribution in [2.75, 3.05) is 7.11 Å². The second-order valence-electron chi connectivity index (χ2n) is 3.81. The summed E-state index contributed by atoms with van der Waals surface area (Å²) in [5, 5.41) is 28.4. The third-order valence-corrected chi connectivity index (χ3v) is 2.90. The van der Waals surface area contributed by atoms with Crippen molar-refractivity contribution in [3.63, 3.8) is 0 Å². The molecule has 14 heavy (non-hydrogen) atoms. The molecule has 5 atom stereocenters. The van der Waals surface area contributed by atoms with Crippen LogP contribution in [0.2, 0.25) is 0 Å². The second kappa shape index (κ2) is 4.12. The van der Waals surface area contributed by atoms with Gasteiger partial charge in [0, 0.05) is 7.11 Å². The standard InChI is InChI=1S/C9H18O5/c1-4-9(2)7(13-3)5(10)6(11)8(12)14-9/h5-8,10-12H,4H2,1-3H3/t5?,6?,7?,8?,9-/m0/s1. The molecule has 0 aromatic rings. The molecule has 0 aromatic heterocycles. The number of aliphatic hydroxyl groups excluding tert-OH is 3. The fraction of sp³-hybridized carbons (Fsp3) is 1.00. The predicted molar refractivity (Wildman–Crippen MR) is 48.6 cm³/mol. The van der Waals surface area contributed by atoms with Crippen LogP contribution >= 0.6 is 0 Å². The number of rotatable bonds is 2. The normalized spacial score (nSPS) is 49.3. The first-order valence-corrected chi connectivity index (χ1v) is 4.71. The Hall–Kier alpha value is -0.200. The first kappa shape index (κ1) is 11.9. The van der Waals surface area contributed by atoms with Gasteiger partial charge in [0.05, 0.1) is 5.60 Å². The zero-order chi connectivity index (χ0) is 10.9. The number of ether oxygens (including phenoxy) is 2. The lowest BCUT2D eigenvalue weighted by Gasteiger charge is -2.46. The second-order valence-corrected chi connectivity index (χ2v) is 3.81. The lowest BCUT2D eigenvalue weighted by molar-refractivity contribution is -0.319. The fourth-order valence-corrected chi connectivity index (χ4v) is 1.79. The van der Waals surface area contributed by atoms with Crippen LogP contribution in [-0.2, 0) is 9.47 Å². The van der Waals surface area contributed by atoms with Crippen LogP contribution < -0.4 is 0 Å². The maximum absolute atomic E-state index is 9.66. The molecule has 0 aliphatic carbocycles. The van der Waals surface area contributed by atoms with Crippen molar-refractivity contribution in [1.82, 2.24) is 0 Å². The molecule has 1 aliphatic rings. The minimum atomic E-state index is -1.36. The summed E-state index contributed by atoms with van der Waals surface area (Å²) in [7, 11) is 1.44. The Morgan fingerprint density at radius 3 is 2.29 bits per heavy atom. The molecular formula is C9H18O5. The van der Waals surface area contributed by atoms with Gasteiger partial charge in [-0.15, -0.1) is 0 Å². The molecule has 5 nitrogen and oxygen atoms in total. The highest BCUT2D eigenvalue weighted by atomic mass is 16.7. The maximum atomic E-state index is 9.66. The van der Waals surface area contributed by atoms with Crippen LogP contribution in [0.25, 0.3) is 0 Å². The van der Waals surface area contributed by atoms with Gasteiger partial charge in [-0.1, -0.05) is 6.92 Å². The Bertz CT molecular complexity index is 198. The Labute approximate surface area is 83.3 Å². The van der Waals surface area contributed by atoms with Crippen LogP contribution in [0.3, 0.4) is 0 Å². The van der Waals surface area contributed by atoms with Gasteiger partial charge >= 0.3 is 0 Å². The van der Waals surface area contributed by atoms with Crippen LogP contribution in [0.5, 0.6) is 0 Å². The summed E-state index contributed by atoms with van der Waals surface area (Å²) in [4.78, 5) is 0. The SMILES string of the molecule is CC[C@]1(C)OC(O)C(O)C(O)C1OC. The van der Waals surface area contributed by atoms with E-state index in [1.165, 1.54) is 7.11 Å². The third kappa shape index (κ3) is 1.78. The third-order valence-electron chi connectivity index (χ3n) is 2.90. The van der Waals surface area contributed by atoms with Crippen molar-refractivity contribution in [3.8, 4) is 0 Å². The van der Waals surface area contributed by atoms with E-state index in [1.807, 2.05) is 6.92 Å². The molecule has 1 saturated heterocycles. The molecule has 0 spiro atoms. The summed E-state index contributed by atoms with van der Waals surface area (Å²) in [5.74, 6) is 0. The summed E-state index contributed by atoms with van der Waals surface area (Å²) >= 11 is 0. The minimum absolute atomic E-state index is 0.576. The van der Waals surface area contributed by atoms with Crippen LogP contribution in [-0.4, -0.2) is 52.6 Å². The van der Waals surface area contributed by atoms with Gasteiger partial charge in [0.1, 0.15) is 18.3 Å². The molecule has 4 unspecified atom stereocenters. The lowest BCUT2D eigenvalue weighted by Crippen LogP contribution is -2.63. The molecule has 0 radical (unpaired) electrons. The van der Waals surface area contributed by atoms with Crippen molar-refractivity contribution in [1.29, 1.82) is 0 Å². The summed E-state index contributed by atoms with van der Waals surface area (Å²) < 4.78 is 10.3. The number of aliphatic hydroxyl groups is 3. The Morgan fingerprint density at radius 1 is 1.29 bits per heavy atom. The number of methoxy groups -OCH3 is 1. The number of hydrogen-bond donors (Lipinski definition) is 3. The van der Waals surface area contributed by atoms with Crippen molar-refractivity contribution in [3.05, 3.63) is 0 Å². The van der Waals surface area contributed by atoms with Gasteiger partial charge in [0.2, 0.25) is 0 Å². The highest BCUT2D eigenvalue weighted by Crippen LogP contribution is 2.33. The first-order valence-electron chi connectivity index (χ1n) is 4.71. The summed E-state index contributed by atoms with van der Waals surface area (Å²) in [6.07, 6.45) is -3.87. The average molecular weight is 206 g/mol. The topological polar surface area (TPSA) is 79.2 Å². The molecule has 5 heteroatoms. The first-order chi connectivity index (χ1) is 6.46. The summed E-state index contributed by atoms with van der Waals surface area (Å²) in [6, 6.07) is 0. The van der Waals surface area contributed by atoms with Crippen LogP contribution in [0.4, 0.5) is 0 Å².